The van der Waals surface area contributed by atoms with Gasteiger partial charge in [0, 0.05) is 12.3 Å². The number of pyridine rings is 2. The topological polar surface area (TPSA) is 106 Å². The number of rotatable bonds is 5. The second-order valence-electron chi connectivity index (χ2n) is 6.63. The summed E-state index contributed by atoms with van der Waals surface area (Å²) in [7, 11) is 0. The Bertz CT molecular complexity index is 1400. The van der Waals surface area contributed by atoms with Crippen LogP contribution >= 0.6 is 27.5 Å². The zero-order valence-electron chi connectivity index (χ0n) is 16.6. The molecule has 4 heterocycles. The summed E-state index contributed by atoms with van der Waals surface area (Å²) >= 11 is 9.53. The van der Waals surface area contributed by atoms with Gasteiger partial charge < -0.3 is 10.6 Å². The number of halogens is 2. The third-order valence-electron chi connectivity index (χ3n) is 4.54. The molecular formula is C21H15BrClN7O2. The number of fused-ring (bicyclic) bond motifs is 1. The summed E-state index contributed by atoms with van der Waals surface area (Å²) in [6.07, 6.45) is 8.38. The highest BCUT2D eigenvalue weighted by Crippen LogP contribution is 2.26. The molecule has 2 N–H and O–H groups in total. The molecule has 4 aromatic rings. The minimum atomic E-state index is -0.523. The standard InChI is InChI=1S/C21H15BrClN7O2/c1-3-7-25-21(32)18-17(12(2)10-13-6-9-26-29(13)18)27-20(31)15-11-16(22)28-30(15)19-14(23)5-4-8-24-19/h1,4-6,8-11H,7H2,2H3,(H,25,32)(H,27,31). The van der Waals surface area contributed by atoms with Gasteiger partial charge in [0.2, 0.25) is 0 Å². The van der Waals surface area contributed by atoms with Crippen LogP contribution in [0.15, 0.2) is 47.3 Å². The van der Waals surface area contributed by atoms with Crippen LogP contribution in [0.1, 0.15) is 26.5 Å². The van der Waals surface area contributed by atoms with Crippen molar-refractivity contribution in [2.45, 2.75) is 6.92 Å². The van der Waals surface area contributed by atoms with E-state index in [1.165, 1.54) is 15.3 Å². The molecule has 11 heteroatoms. The lowest BCUT2D eigenvalue weighted by atomic mass is 10.1. The molecule has 0 unspecified atom stereocenters. The van der Waals surface area contributed by atoms with E-state index in [4.69, 9.17) is 18.0 Å². The zero-order chi connectivity index (χ0) is 22.8. The van der Waals surface area contributed by atoms with Gasteiger partial charge >= 0.3 is 0 Å². The van der Waals surface area contributed by atoms with Crippen LogP contribution in [0.5, 0.6) is 0 Å². The van der Waals surface area contributed by atoms with Crippen molar-refractivity contribution < 1.29 is 9.59 Å². The summed E-state index contributed by atoms with van der Waals surface area (Å²) in [6, 6.07) is 8.41. The van der Waals surface area contributed by atoms with Crippen LogP contribution < -0.4 is 10.6 Å². The zero-order valence-corrected chi connectivity index (χ0v) is 19.0. The van der Waals surface area contributed by atoms with Gasteiger partial charge in [0.15, 0.2) is 11.5 Å². The lowest BCUT2D eigenvalue weighted by molar-refractivity contribution is 0.0952. The lowest BCUT2D eigenvalue weighted by Crippen LogP contribution is -2.29. The van der Waals surface area contributed by atoms with Crippen LogP contribution in [0.25, 0.3) is 11.3 Å². The van der Waals surface area contributed by atoms with E-state index in [0.717, 1.165) is 0 Å². The van der Waals surface area contributed by atoms with Gasteiger partial charge in [-0.25, -0.2) is 14.2 Å². The average molecular weight is 513 g/mol. The van der Waals surface area contributed by atoms with Gasteiger partial charge in [-0.15, -0.1) is 6.42 Å². The van der Waals surface area contributed by atoms with Gasteiger partial charge in [-0.3, -0.25) is 9.59 Å². The van der Waals surface area contributed by atoms with E-state index in [-0.39, 0.29) is 29.4 Å². The van der Waals surface area contributed by atoms with Gasteiger partial charge in [-0.2, -0.15) is 10.2 Å². The van der Waals surface area contributed by atoms with Crippen LogP contribution in [0.3, 0.4) is 0 Å². The fourth-order valence-corrected chi connectivity index (χ4v) is 3.74. The van der Waals surface area contributed by atoms with E-state index in [0.29, 0.717) is 20.7 Å². The van der Waals surface area contributed by atoms with Crippen LogP contribution in [-0.4, -0.2) is 42.7 Å². The molecule has 0 spiro atoms. The molecule has 0 aromatic carbocycles. The number of aromatic nitrogens is 5. The van der Waals surface area contributed by atoms with Crippen molar-refractivity contribution in [2.75, 3.05) is 11.9 Å². The summed E-state index contributed by atoms with van der Waals surface area (Å²) < 4.78 is 3.18. The number of anilines is 1. The molecule has 4 aromatic heterocycles. The Morgan fingerprint density at radius 1 is 1.25 bits per heavy atom. The van der Waals surface area contributed by atoms with Gasteiger partial charge in [0.05, 0.1) is 29.0 Å². The van der Waals surface area contributed by atoms with E-state index in [1.54, 1.807) is 37.5 Å². The quantitative estimate of drug-likeness (QED) is 0.399. The number of hydrogen-bond acceptors (Lipinski definition) is 5. The number of amides is 2. The largest absolute Gasteiger partial charge is 0.340 e. The van der Waals surface area contributed by atoms with Crippen molar-refractivity contribution in [2.24, 2.45) is 0 Å². The maximum absolute atomic E-state index is 13.3. The number of hydrogen-bond donors (Lipinski definition) is 2. The van der Waals surface area contributed by atoms with Gasteiger partial charge in [-0.1, -0.05) is 17.5 Å². The number of nitrogens with one attached hydrogen (secondary N) is 2. The maximum atomic E-state index is 13.3. The summed E-state index contributed by atoms with van der Waals surface area (Å²) in [5.41, 5.74) is 1.95. The predicted molar refractivity (Wildman–Crippen MR) is 123 cm³/mol. The molecule has 0 aliphatic rings. The second kappa shape index (κ2) is 8.82. The van der Waals surface area contributed by atoms with Crippen molar-refractivity contribution >= 4 is 50.5 Å². The van der Waals surface area contributed by atoms with E-state index < -0.39 is 11.8 Å². The van der Waals surface area contributed by atoms with Crippen LogP contribution in [-0.2, 0) is 0 Å². The number of carbonyl (C=O) groups excluding carboxylic acids is 2. The van der Waals surface area contributed by atoms with E-state index in [9.17, 15) is 9.59 Å². The van der Waals surface area contributed by atoms with E-state index in [1.807, 2.05) is 6.07 Å². The van der Waals surface area contributed by atoms with Crippen LogP contribution in [0.4, 0.5) is 5.69 Å². The molecule has 0 aliphatic carbocycles. The molecule has 160 valence electrons. The van der Waals surface area contributed by atoms with Crippen molar-refractivity contribution in [1.29, 1.82) is 0 Å². The minimum absolute atomic E-state index is 0.0286. The third-order valence-corrected chi connectivity index (χ3v) is 5.22. The van der Waals surface area contributed by atoms with Crippen LogP contribution in [0.2, 0.25) is 5.02 Å². The first-order valence-corrected chi connectivity index (χ1v) is 10.4. The number of aryl methyl sites for hydroxylation is 1. The maximum Gasteiger partial charge on any atom is 0.274 e. The normalized spacial score (nSPS) is 10.7. The molecule has 0 saturated heterocycles. The Hall–Kier alpha value is -3.68. The molecule has 0 radical (unpaired) electrons. The third kappa shape index (κ3) is 3.95. The van der Waals surface area contributed by atoms with E-state index >= 15 is 0 Å². The highest BCUT2D eigenvalue weighted by atomic mass is 79.9. The molecule has 0 bridgehead atoms. The summed E-state index contributed by atoms with van der Waals surface area (Å²) in [5, 5.41) is 14.2. The van der Waals surface area contributed by atoms with Crippen molar-refractivity contribution in [3.63, 3.8) is 0 Å². The van der Waals surface area contributed by atoms with Crippen molar-refractivity contribution in [3.8, 4) is 18.2 Å². The Morgan fingerprint density at radius 2 is 2.06 bits per heavy atom. The minimum Gasteiger partial charge on any atom is -0.340 e. The highest BCUT2D eigenvalue weighted by molar-refractivity contribution is 9.10. The SMILES string of the molecule is C#CCNC(=O)c1c(NC(=O)c2cc(Br)nn2-c2ncccc2Cl)c(C)cc2ccnn12. The first-order valence-electron chi connectivity index (χ1n) is 9.27. The van der Waals surface area contributed by atoms with Gasteiger partial charge in [0.25, 0.3) is 11.8 Å². The van der Waals surface area contributed by atoms with Crippen molar-refractivity contribution in [3.05, 3.63) is 69.3 Å². The van der Waals surface area contributed by atoms with Gasteiger partial charge in [0.1, 0.15) is 10.3 Å². The molecule has 0 saturated carbocycles. The fourth-order valence-electron chi connectivity index (χ4n) is 3.17. The first kappa shape index (κ1) is 21.5. The van der Waals surface area contributed by atoms with Gasteiger partial charge in [-0.05, 0) is 52.7 Å². The highest BCUT2D eigenvalue weighted by Gasteiger charge is 2.24. The molecular weight excluding hydrogens is 498 g/mol. The Morgan fingerprint density at radius 3 is 2.81 bits per heavy atom. The number of terminal acetylenes is 1. The molecule has 0 aliphatic heterocycles. The molecule has 0 atom stereocenters. The molecule has 0 fully saturated rings. The summed E-state index contributed by atoms with van der Waals surface area (Å²) in [4.78, 5) is 30.4. The lowest BCUT2D eigenvalue weighted by Gasteiger charge is -2.16. The summed E-state index contributed by atoms with van der Waals surface area (Å²) in [6.45, 7) is 1.81. The second-order valence-corrected chi connectivity index (χ2v) is 7.85. The first-order chi connectivity index (χ1) is 15.4. The van der Waals surface area contributed by atoms with Crippen LogP contribution in [0, 0.1) is 19.3 Å². The fraction of sp³-hybridized carbons (Fsp3) is 0.0952. The molecule has 4 rings (SSSR count). The predicted octanol–water partition coefficient (Wildman–Crippen LogP) is 3.25. The van der Waals surface area contributed by atoms with Crippen molar-refractivity contribution in [1.82, 2.24) is 29.7 Å². The molecule has 2 amide bonds. The summed E-state index contributed by atoms with van der Waals surface area (Å²) in [5.74, 6) is 1.65. The smallest absolute Gasteiger partial charge is 0.274 e. The Labute approximate surface area is 195 Å². The number of carbonyl (C=O) groups is 2. The molecule has 9 nitrogen and oxygen atoms in total. The Balaban J connectivity index is 1.79. The average Bonchev–Trinajstić information content (AvgIpc) is 3.38. The van der Waals surface area contributed by atoms with E-state index in [2.05, 4.69) is 47.7 Å². The Kier molecular flexibility index (Phi) is 5.94. The number of nitrogens with zero attached hydrogens (tertiary/aromatic N) is 5. The monoisotopic (exact) mass is 511 g/mol. The molecule has 32 heavy (non-hydrogen) atoms.